The predicted molar refractivity (Wildman–Crippen MR) is 38.0 cm³/mol. The summed E-state index contributed by atoms with van der Waals surface area (Å²) in [5, 5.41) is 8.01. The van der Waals surface area contributed by atoms with Crippen molar-refractivity contribution in [2.45, 2.75) is 19.8 Å². The highest BCUT2D eigenvalue weighted by molar-refractivity contribution is 5.56. The summed E-state index contributed by atoms with van der Waals surface area (Å²) in [6.45, 7) is 2.22. The molecule has 0 bridgehead atoms. The lowest BCUT2D eigenvalue weighted by molar-refractivity contribution is 0.102. The molecular weight excluding hydrogens is 132 g/mol. The number of rotatable bonds is 4. The highest BCUT2D eigenvalue weighted by atomic mass is 16.7. The molecule has 3 nitrogen and oxygen atoms in total. The number of hydrogen-bond donors (Lipinski definition) is 1. The van der Waals surface area contributed by atoms with Crippen molar-refractivity contribution in [2.24, 2.45) is 0 Å². The second kappa shape index (κ2) is 6.13. The third-order valence-corrected chi connectivity index (χ3v) is 0.925. The molecule has 0 aromatic heterocycles. The molecule has 0 radical (unpaired) electrons. The Hall–Kier alpha value is -0.990. The third kappa shape index (κ3) is 7.01. The minimum Gasteiger partial charge on any atom is -0.450 e. The minimum absolute atomic E-state index is 0.162. The molecule has 0 saturated heterocycles. The highest BCUT2D eigenvalue weighted by Crippen LogP contribution is 1.88. The smallest absolute Gasteiger partial charge is 0.450 e. The predicted octanol–water partition coefficient (Wildman–Crippen LogP) is 2.04. The molecule has 58 valence electrons. The normalized spacial score (nSPS) is 10.1. The maximum atomic E-state index is 9.78. The zero-order valence-corrected chi connectivity index (χ0v) is 6.04. The van der Waals surface area contributed by atoms with Gasteiger partial charge in [-0.05, 0) is 6.42 Å². The maximum Gasteiger partial charge on any atom is 0.506 e. The zero-order valence-electron chi connectivity index (χ0n) is 6.04. The Balaban J connectivity index is 3.10. The number of carbonyl (C=O) groups is 1. The van der Waals surface area contributed by atoms with Crippen LogP contribution in [0.3, 0.4) is 0 Å². The lowest BCUT2D eigenvalue weighted by Crippen LogP contribution is -1.98. The van der Waals surface area contributed by atoms with Crippen LogP contribution in [0.1, 0.15) is 19.8 Å². The van der Waals surface area contributed by atoms with Gasteiger partial charge in [0.1, 0.15) is 6.61 Å². The monoisotopic (exact) mass is 144 g/mol. The van der Waals surface area contributed by atoms with Crippen LogP contribution in [-0.4, -0.2) is 17.9 Å². The van der Waals surface area contributed by atoms with Crippen LogP contribution in [0.4, 0.5) is 4.79 Å². The first-order valence-corrected chi connectivity index (χ1v) is 3.28. The summed E-state index contributed by atoms with van der Waals surface area (Å²) >= 11 is 0. The molecule has 0 atom stereocenters. The second-order valence-corrected chi connectivity index (χ2v) is 1.84. The lowest BCUT2D eigenvalue weighted by atomic mass is 10.3. The van der Waals surface area contributed by atoms with Crippen LogP contribution < -0.4 is 0 Å². The maximum absolute atomic E-state index is 9.78. The van der Waals surface area contributed by atoms with E-state index in [2.05, 4.69) is 11.7 Å². The van der Waals surface area contributed by atoms with Crippen LogP contribution >= 0.6 is 0 Å². The van der Waals surface area contributed by atoms with E-state index in [-0.39, 0.29) is 6.61 Å². The van der Waals surface area contributed by atoms with Gasteiger partial charge in [-0.25, -0.2) is 4.79 Å². The molecule has 0 aromatic carbocycles. The second-order valence-electron chi connectivity index (χ2n) is 1.84. The van der Waals surface area contributed by atoms with Crippen molar-refractivity contribution in [3.05, 3.63) is 12.2 Å². The van der Waals surface area contributed by atoms with E-state index in [4.69, 9.17) is 5.11 Å². The third-order valence-electron chi connectivity index (χ3n) is 0.925. The van der Waals surface area contributed by atoms with Crippen molar-refractivity contribution in [3.63, 3.8) is 0 Å². The fraction of sp³-hybridized carbons (Fsp3) is 0.571. The van der Waals surface area contributed by atoms with E-state index in [0.717, 1.165) is 12.8 Å². The summed E-state index contributed by atoms with van der Waals surface area (Å²) in [4.78, 5) is 9.78. The molecule has 0 aliphatic heterocycles. The van der Waals surface area contributed by atoms with E-state index in [0.29, 0.717) is 0 Å². The van der Waals surface area contributed by atoms with Gasteiger partial charge in [-0.1, -0.05) is 25.5 Å². The first kappa shape index (κ1) is 9.01. The summed E-state index contributed by atoms with van der Waals surface area (Å²) in [5.74, 6) is 0. The van der Waals surface area contributed by atoms with E-state index in [9.17, 15) is 4.79 Å². The lowest BCUT2D eigenvalue weighted by Gasteiger charge is -1.91. The minimum atomic E-state index is -1.22. The van der Waals surface area contributed by atoms with Gasteiger partial charge in [0, 0.05) is 0 Å². The fourth-order valence-corrected chi connectivity index (χ4v) is 0.472. The van der Waals surface area contributed by atoms with Gasteiger partial charge in [0.05, 0.1) is 0 Å². The first-order valence-electron chi connectivity index (χ1n) is 3.28. The first-order chi connectivity index (χ1) is 4.77. The molecule has 0 amide bonds. The van der Waals surface area contributed by atoms with Gasteiger partial charge in [-0.3, -0.25) is 0 Å². The van der Waals surface area contributed by atoms with Gasteiger partial charge in [-0.2, -0.15) is 0 Å². The quantitative estimate of drug-likeness (QED) is 0.485. The topological polar surface area (TPSA) is 46.5 Å². The van der Waals surface area contributed by atoms with Gasteiger partial charge in [0.25, 0.3) is 0 Å². The molecule has 0 aliphatic rings. The zero-order chi connectivity index (χ0) is 7.82. The summed E-state index contributed by atoms with van der Waals surface area (Å²) < 4.78 is 4.22. The van der Waals surface area contributed by atoms with E-state index in [1.54, 1.807) is 6.08 Å². The Labute approximate surface area is 60.3 Å². The molecule has 0 heterocycles. The van der Waals surface area contributed by atoms with Gasteiger partial charge < -0.3 is 9.84 Å². The van der Waals surface area contributed by atoms with Crippen molar-refractivity contribution in [1.29, 1.82) is 0 Å². The average molecular weight is 144 g/mol. The van der Waals surface area contributed by atoms with Crippen molar-refractivity contribution in [2.75, 3.05) is 6.61 Å². The van der Waals surface area contributed by atoms with Gasteiger partial charge in [-0.15, -0.1) is 0 Å². The van der Waals surface area contributed by atoms with Crippen LogP contribution in [0.25, 0.3) is 0 Å². The van der Waals surface area contributed by atoms with Crippen LogP contribution in [0.15, 0.2) is 12.2 Å². The Kier molecular flexibility index (Phi) is 5.53. The van der Waals surface area contributed by atoms with E-state index in [1.165, 1.54) is 0 Å². The van der Waals surface area contributed by atoms with Crippen LogP contribution in [0.2, 0.25) is 0 Å². The molecular formula is C7H12O3. The molecule has 0 aromatic rings. The number of hydrogen-bond acceptors (Lipinski definition) is 2. The largest absolute Gasteiger partial charge is 0.506 e. The van der Waals surface area contributed by atoms with E-state index < -0.39 is 6.16 Å². The van der Waals surface area contributed by atoms with Crippen molar-refractivity contribution >= 4 is 6.16 Å². The number of unbranched alkanes of at least 4 members (excludes halogenated alkanes) is 1. The molecule has 0 unspecified atom stereocenters. The van der Waals surface area contributed by atoms with Gasteiger partial charge in [0.2, 0.25) is 0 Å². The average Bonchev–Trinajstić information content (AvgIpc) is 1.87. The fourth-order valence-electron chi connectivity index (χ4n) is 0.472. The summed E-state index contributed by atoms with van der Waals surface area (Å²) in [5.41, 5.74) is 0. The van der Waals surface area contributed by atoms with Crippen LogP contribution in [-0.2, 0) is 4.74 Å². The van der Waals surface area contributed by atoms with E-state index >= 15 is 0 Å². The summed E-state index contributed by atoms with van der Waals surface area (Å²) in [7, 11) is 0. The molecule has 1 N–H and O–H groups in total. The van der Waals surface area contributed by atoms with Crippen LogP contribution in [0.5, 0.6) is 0 Å². The number of allylic oxidation sites excluding steroid dienone is 1. The highest BCUT2D eigenvalue weighted by Gasteiger charge is 1.89. The van der Waals surface area contributed by atoms with Crippen molar-refractivity contribution < 1.29 is 14.6 Å². The molecule has 0 rings (SSSR count). The molecule has 3 heteroatoms. The number of carboxylic acid groups (broad SMARTS) is 1. The van der Waals surface area contributed by atoms with Crippen molar-refractivity contribution in [3.8, 4) is 0 Å². The van der Waals surface area contributed by atoms with E-state index in [1.807, 2.05) is 6.08 Å². The number of ether oxygens (including phenoxy) is 1. The van der Waals surface area contributed by atoms with Crippen molar-refractivity contribution in [1.82, 2.24) is 0 Å². The Morgan fingerprint density at radius 3 is 2.80 bits per heavy atom. The van der Waals surface area contributed by atoms with Gasteiger partial charge in [0.15, 0.2) is 0 Å². The van der Waals surface area contributed by atoms with Gasteiger partial charge >= 0.3 is 6.16 Å². The molecule has 0 spiro atoms. The SMILES string of the molecule is CCC/C=C/COC(=O)O. The summed E-state index contributed by atoms with van der Waals surface area (Å²) in [6, 6.07) is 0. The standard InChI is InChI=1S/C7H12O3/c1-2-3-4-5-6-10-7(8)9/h4-5H,2-3,6H2,1H3,(H,8,9)/b5-4+. The van der Waals surface area contributed by atoms with Crippen LogP contribution in [0, 0.1) is 0 Å². The Morgan fingerprint density at radius 2 is 2.30 bits per heavy atom. The molecule has 10 heavy (non-hydrogen) atoms. The summed E-state index contributed by atoms with van der Waals surface area (Å²) in [6.07, 6.45) is 4.44. The molecule has 0 aliphatic carbocycles. The Morgan fingerprint density at radius 1 is 1.60 bits per heavy atom. The molecule has 0 saturated carbocycles. The molecule has 0 fully saturated rings. The Bertz CT molecular complexity index is 118.